The molecule has 0 saturated carbocycles. The monoisotopic (exact) mass is 467 g/mol. The Labute approximate surface area is 191 Å². The average Bonchev–Trinajstić information content (AvgIpc) is 3.21. The number of nitrogens with one attached hydrogen (secondary N) is 2. The summed E-state index contributed by atoms with van der Waals surface area (Å²) < 4.78 is 40.4. The van der Waals surface area contributed by atoms with Crippen LogP contribution in [0.2, 0.25) is 0 Å². The van der Waals surface area contributed by atoms with Gasteiger partial charge in [0.05, 0.1) is 4.90 Å². The normalized spacial score (nSPS) is 13.8. The quantitative estimate of drug-likeness (QED) is 0.565. The third-order valence-corrected chi connectivity index (χ3v) is 6.74. The lowest BCUT2D eigenvalue weighted by Crippen LogP contribution is -2.24. The number of aryl methyl sites for hydroxylation is 1. The van der Waals surface area contributed by atoms with E-state index in [-0.39, 0.29) is 22.1 Å². The number of hydrogen-bond donors (Lipinski definition) is 2. The SMILES string of the molecule is Cc1cc(NC(=O)c2ccc(S(=O)(=O)Nc3ccc(F)cc3)cc2)ccc1N1CCCC1=O. The zero-order valence-electron chi connectivity index (χ0n) is 17.8. The van der Waals surface area contributed by atoms with E-state index in [4.69, 9.17) is 0 Å². The highest BCUT2D eigenvalue weighted by molar-refractivity contribution is 7.92. The molecule has 1 saturated heterocycles. The summed E-state index contributed by atoms with van der Waals surface area (Å²) in [5.41, 5.74) is 2.79. The Kier molecular flexibility index (Phi) is 6.15. The van der Waals surface area contributed by atoms with Crippen molar-refractivity contribution in [2.24, 2.45) is 0 Å². The van der Waals surface area contributed by atoms with E-state index < -0.39 is 21.7 Å². The summed E-state index contributed by atoms with van der Waals surface area (Å²) in [4.78, 5) is 26.3. The summed E-state index contributed by atoms with van der Waals surface area (Å²) in [6.45, 7) is 2.57. The fraction of sp³-hybridized carbons (Fsp3) is 0.167. The minimum Gasteiger partial charge on any atom is -0.322 e. The Bertz CT molecular complexity index is 1310. The molecule has 2 N–H and O–H groups in total. The molecule has 170 valence electrons. The molecule has 3 aromatic rings. The molecule has 2 amide bonds. The minimum absolute atomic E-state index is 0.0288. The van der Waals surface area contributed by atoms with E-state index in [2.05, 4.69) is 10.0 Å². The first-order valence-electron chi connectivity index (χ1n) is 10.3. The highest BCUT2D eigenvalue weighted by Gasteiger charge is 2.23. The van der Waals surface area contributed by atoms with E-state index in [1.54, 1.807) is 17.0 Å². The summed E-state index contributed by atoms with van der Waals surface area (Å²) in [5, 5.41) is 2.79. The Morgan fingerprint density at radius 3 is 2.24 bits per heavy atom. The first-order chi connectivity index (χ1) is 15.7. The number of hydrogen-bond acceptors (Lipinski definition) is 4. The summed E-state index contributed by atoms with van der Waals surface area (Å²) >= 11 is 0. The highest BCUT2D eigenvalue weighted by Crippen LogP contribution is 2.27. The topological polar surface area (TPSA) is 95.6 Å². The van der Waals surface area contributed by atoms with Gasteiger partial charge in [-0.05, 0) is 85.6 Å². The zero-order chi connectivity index (χ0) is 23.6. The number of rotatable bonds is 6. The van der Waals surface area contributed by atoms with Gasteiger partial charge in [-0.15, -0.1) is 0 Å². The molecule has 0 radical (unpaired) electrons. The average molecular weight is 468 g/mol. The molecule has 0 spiro atoms. The molecule has 0 atom stereocenters. The molecule has 3 aromatic carbocycles. The predicted octanol–water partition coefficient (Wildman–Crippen LogP) is 4.31. The fourth-order valence-electron chi connectivity index (χ4n) is 3.66. The van der Waals surface area contributed by atoms with Crippen LogP contribution < -0.4 is 14.9 Å². The van der Waals surface area contributed by atoms with Gasteiger partial charge < -0.3 is 10.2 Å². The zero-order valence-corrected chi connectivity index (χ0v) is 18.7. The van der Waals surface area contributed by atoms with Crippen molar-refractivity contribution in [2.75, 3.05) is 21.5 Å². The number of nitrogens with zero attached hydrogens (tertiary/aromatic N) is 1. The van der Waals surface area contributed by atoms with E-state index in [1.807, 2.05) is 13.0 Å². The van der Waals surface area contributed by atoms with Gasteiger partial charge in [0, 0.05) is 35.6 Å². The highest BCUT2D eigenvalue weighted by atomic mass is 32.2. The summed E-state index contributed by atoms with van der Waals surface area (Å²) in [7, 11) is -3.89. The number of carbonyl (C=O) groups is 2. The van der Waals surface area contributed by atoms with Crippen LogP contribution in [0.5, 0.6) is 0 Å². The molecule has 1 aliphatic heterocycles. The van der Waals surface area contributed by atoms with Gasteiger partial charge in [0.2, 0.25) is 5.91 Å². The van der Waals surface area contributed by atoms with E-state index in [0.29, 0.717) is 18.7 Å². The van der Waals surface area contributed by atoms with Gasteiger partial charge in [0.1, 0.15) is 5.82 Å². The summed E-state index contributed by atoms with van der Waals surface area (Å²) in [5.74, 6) is -0.767. The van der Waals surface area contributed by atoms with Crippen LogP contribution in [-0.4, -0.2) is 26.8 Å². The van der Waals surface area contributed by atoms with Crippen molar-refractivity contribution < 1.29 is 22.4 Å². The van der Waals surface area contributed by atoms with Gasteiger partial charge in [-0.1, -0.05) is 0 Å². The van der Waals surface area contributed by atoms with E-state index in [9.17, 15) is 22.4 Å². The number of halogens is 1. The lowest BCUT2D eigenvalue weighted by molar-refractivity contribution is -0.117. The maximum atomic E-state index is 13.0. The van der Waals surface area contributed by atoms with Crippen LogP contribution in [0.3, 0.4) is 0 Å². The second kappa shape index (κ2) is 9.03. The molecule has 1 heterocycles. The Morgan fingerprint density at radius 2 is 1.64 bits per heavy atom. The summed E-state index contributed by atoms with van der Waals surface area (Å²) in [6, 6.07) is 15.8. The predicted molar refractivity (Wildman–Crippen MR) is 124 cm³/mol. The van der Waals surface area contributed by atoms with Crippen LogP contribution in [0.4, 0.5) is 21.5 Å². The van der Waals surface area contributed by atoms with Crippen molar-refractivity contribution in [3.63, 3.8) is 0 Å². The Morgan fingerprint density at radius 1 is 0.970 bits per heavy atom. The molecule has 0 aliphatic carbocycles. The van der Waals surface area contributed by atoms with Crippen LogP contribution in [0.1, 0.15) is 28.8 Å². The molecule has 0 bridgehead atoms. The van der Waals surface area contributed by atoms with Crippen LogP contribution in [0.15, 0.2) is 71.6 Å². The third kappa shape index (κ3) is 5.04. The van der Waals surface area contributed by atoms with Crippen molar-refractivity contribution in [1.29, 1.82) is 0 Å². The fourth-order valence-corrected chi connectivity index (χ4v) is 4.72. The molecule has 1 aliphatic rings. The van der Waals surface area contributed by atoms with E-state index >= 15 is 0 Å². The van der Waals surface area contributed by atoms with Gasteiger partial charge in [-0.25, -0.2) is 12.8 Å². The maximum Gasteiger partial charge on any atom is 0.261 e. The van der Waals surface area contributed by atoms with Crippen LogP contribution in [0.25, 0.3) is 0 Å². The largest absolute Gasteiger partial charge is 0.322 e. The molecule has 33 heavy (non-hydrogen) atoms. The van der Waals surface area contributed by atoms with Crippen LogP contribution >= 0.6 is 0 Å². The minimum atomic E-state index is -3.89. The van der Waals surface area contributed by atoms with E-state index in [0.717, 1.165) is 29.8 Å². The molecule has 7 nitrogen and oxygen atoms in total. The van der Waals surface area contributed by atoms with Crippen LogP contribution in [-0.2, 0) is 14.8 Å². The first-order valence-corrected chi connectivity index (χ1v) is 11.8. The second-order valence-electron chi connectivity index (χ2n) is 7.74. The van der Waals surface area contributed by atoms with Gasteiger partial charge >= 0.3 is 0 Å². The van der Waals surface area contributed by atoms with Gasteiger partial charge in [-0.2, -0.15) is 0 Å². The molecular weight excluding hydrogens is 445 g/mol. The van der Waals surface area contributed by atoms with Crippen molar-refractivity contribution in [3.05, 3.63) is 83.7 Å². The van der Waals surface area contributed by atoms with Gasteiger partial charge in [-0.3, -0.25) is 14.3 Å². The lowest BCUT2D eigenvalue weighted by atomic mass is 10.1. The maximum absolute atomic E-state index is 13.0. The third-order valence-electron chi connectivity index (χ3n) is 5.34. The molecule has 0 aromatic heterocycles. The number of carbonyl (C=O) groups excluding carboxylic acids is 2. The Hall–Kier alpha value is -3.72. The van der Waals surface area contributed by atoms with Crippen molar-refractivity contribution >= 4 is 38.9 Å². The molecule has 9 heteroatoms. The smallest absolute Gasteiger partial charge is 0.261 e. The molecule has 4 rings (SSSR count). The first kappa shape index (κ1) is 22.5. The second-order valence-corrected chi connectivity index (χ2v) is 9.42. The number of anilines is 3. The number of sulfonamides is 1. The lowest BCUT2D eigenvalue weighted by Gasteiger charge is -2.19. The van der Waals surface area contributed by atoms with Gasteiger partial charge in [0.25, 0.3) is 15.9 Å². The van der Waals surface area contributed by atoms with Crippen LogP contribution in [0, 0.1) is 12.7 Å². The molecule has 1 fully saturated rings. The van der Waals surface area contributed by atoms with Crippen molar-refractivity contribution in [3.8, 4) is 0 Å². The van der Waals surface area contributed by atoms with E-state index in [1.165, 1.54) is 36.4 Å². The standard InChI is InChI=1S/C24H22FN3O4S/c1-16-15-20(10-13-22(16)28-14-2-3-23(28)29)26-24(30)17-4-11-21(12-5-17)33(31,32)27-19-8-6-18(25)7-9-19/h4-13,15,27H,2-3,14H2,1H3,(H,26,30). The van der Waals surface area contributed by atoms with Crippen molar-refractivity contribution in [2.45, 2.75) is 24.7 Å². The van der Waals surface area contributed by atoms with Gasteiger partial charge in [0.15, 0.2) is 0 Å². The number of benzene rings is 3. The molecule has 0 unspecified atom stereocenters. The molecular formula is C24H22FN3O4S. The van der Waals surface area contributed by atoms with Crippen molar-refractivity contribution in [1.82, 2.24) is 0 Å². The Balaban J connectivity index is 1.44. The summed E-state index contributed by atoms with van der Waals surface area (Å²) in [6.07, 6.45) is 1.38. The number of amides is 2.